The summed E-state index contributed by atoms with van der Waals surface area (Å²) in [7, 11) is -7.54. The summed E-state index contributed by atoms with van der Waals surface area (Å²) in [5, 5.41) is 7.72. The molecule has 1 heterocycles. The molecule has 1 unspecified atom stereocenters. The highest BCUT2D eigenvalue weighted by atomic mass is 32.3. The van der Waals surface area contributed by atoms with E-state index < -0.39 is 36.8 Å². The Kier molecular flexibility index (Phi) is 3.60. The molecular weight excluding hydrogens is 258 g/mol. The van der Waals surface area contributed by atoms with Crippen LogP contribution in [-0.2, 0) is 24.7 Å². The van der Waals surface area contributed by atoms with Crippen LogP contribution < -0.4 is 0 Å². The minimum absolute atomic E-state index is 0.0643. The number of carboxylic acid groups (broad SMARTS) is 1. The smallest absolute Gasteiger partial charge is 0.307 e. The molecule has 0 radical (unpaired) electrons. The van der Waals surface area contributed by atoms with Crippen molar-refractivity contribution in [2.24, 2.45) is 5.92 Å². The lowest BCUT2D eigenvalue weighted by molar-refractivity contribution is -0.141. The third-order valence-corrected chi connectivity index (χ3v) is 6.28. The lowest BCUT2D eigenvalue weighted by atomic mass is 10.1. The van der Waals surface area contributed by atoms with E-state index in [2.05, 4.69) is 0 Å². The molecule has 0 aliphatic carbocycles. The molecule has 1 aliphatic rings. The van der Waals surface area contributed by atoms with Crippen molar-refractivity contribution < 1.29 is 26.7 Å². The first-order chi connectivity index (χ1) is 7.12. The number of carboxylic acids is 1. The predicted molar refractivity (Wildman–Crippen MR) is 55.9 cm³/mol. The maximum atomic E-state index is 11.6. The minimum Gasteiger partial charge on any atom is -0.481 e. The molecule has 1 rings (SSSR count). The Labute approximate surface area is 94.0 Å². The maximum Gasteiger partial charge on any atom is 0.307 e. The number of aliphatic carboxylic acids is 1. The summed E-state index contributed by atoms with van der Waals surface area (Å²) in [5.74, 6) is -1.80. The molecule has 1 aliphatic heterocycles. The Morgan fingerprint density at radius 2 is 1.94 bits per heavy atom. The van der Waals surface area contributed by atoms with Crippen LogP contribution in [0.5, 0.6) is 0 Å². The van der Waals surface area contributed by atoms with Gasteiger partial charge < -0.3 is 5.11 Å². The van der Waals surface area contributed by atoms with Crippen molar-refractivity contribution in [2.45, 2.75) is 6.42 Å². The quantitative estimate of drug-likeness (QED) is 0.682. The average Bonchev–Trinajstić information content (AvgIpc) is 2.46. The second-order valence-corrected chi connectivity index (χ2v) is 8.31. The lowest BCUT2D eigenvalue weighted by Crippen LogP contribution is -2.34. The molecule has 0 aromatic heterocycles. The third kappa shape index (κ3) is 3.42. The molecule has 1 N–H and O–H groups in total. The Morgan fingerprint density at radius 1 is 1.38 bits per heavy atom. The number of hydrogen-bond acceptors (Lipinski definition) is 5. The molecule has 0 aromatic rings. The lowest BCUT2D eigenvalue weighted by Gasteiger charge is -2.14. The monoisotopic (exact) mass is 271 g/mol. The standard InChI is InChI=1S/C7H13NO6S2/c1-15(11,12)5-16(13,14)8-3-2-6(4-8)7(9)10/h6H,2-5H2,1H3,(H,9,10). The van der Waals surface area contributed by atoms with Crippen molar-refractivity contribution in [3.63, 3.8) is 0 Å². The van der Waals surface area contributed by atoms with Gasteiger partial charge in [0.25, 0.3) is 0 Å². The fraction of sp³-hybridized carbons (Fsp3) is 0.857. The highest BCUT2D eigenvalue weighted by molar-refractivity contribution is 8.06. The van der Waals surface area contributed by atoms with Crippen LogP contribution in [0, 0.1) is 5.92 Å². The first-order valence-electron chi connectivity index (χ1n) is 4.50. The maximum absolute atomic E-state index is 11.6. The molecule has 0 aromatic carbocycles. The fourth-order valence-corrected chi connectivity index (χ4v) is 5.08. The van der Waals surface area contributed by atoms with Crippen LogP contribution in [0.15, 0.2) is 0 Å². The first-order valence-corrected chi connectivity index (χ1v) is 8.17. The Morgan fingerprint density at radius 3 is 2.31 bits per heavy atom. The zero-order valence-electron chi connectivity index (χ0n) is 8.66. The van der Waals surface area contributed by atoms with Crippen LogP contribution in [0.4, 0.5) is 0 Å². The van der Waals surface area contributed by atoms with Crippen molar-refractivity contribution in [2.75, 3.05) is 24.4 Å². The molecule has 9 heteroatoms. The number of hydrogen-bond donors (Lipinski definition) is 1. The van der Waals surface area contributed by atoms with Crippen LogP contribution in [0.1, 0.15) is 6.42 Å². The van der Waals surface area contributed by atoms with Crippen molar-refractivity contribution in [1.82, 2.24) is 4.31 Å². The van der Waals surface area contributed by atoms with Crippen molar-refractivity contribution in [3.05, 3.63) is 0 Å². The Balaban J connectivity index is 2.77. The largest absolute Gasteiger partial charge is 0.481 e. The normalized spacial score (nSPS) is 23.4. The van der Waals surface area contributed by atoms with Gasteiger partial charge in [-0.2, -0.15) is 0 Å². The molecule has 0 bridgehead atoms. The van der Waals surface area contributed by atoms with Gasteiger partial charge >= 0.3 is 5.97 Å². The molecule has 0 spiro atoms. The van der Waals surface area contributed by atoms with Gasteiger partial charge in [-0.25, -0.2) is 21.1 Å². The van der Waals surface area contributed by atoms with E-state index in [1.807, 2.05) is 0 Å². The summed E-state index contributed by atoms with van der Waals surface area (Å²) in [6.45, 7) is -0.0813. The second kappa shape index (κ2) is 4.30. The SMILES string of the molecule is CS(=O)(=O)CS(=O)(=O)N1CCC(C(=O)O)C1. The Bertz CT molecular complexity index is 479. The summed E-state index contributed by atoms with van der Waals surface area (Å²) >= 11 is 0. The van der Waals surface area contributed by atoms with Gasteiger partial charge in [0.2, 0.25) is 10.0 Å². The van der Waals surface area contributed by atoms with Gasteiger partial charge in [-0.05, 0) is 6.42 Å². The molecule has 0 amide bonds. The fourth-order valence-electron chi connectivity index (χ4n) is 1.53. The summed E-state index contributed by atoms with van der Waals surface area (Å²) in [4.78, 5) is 10.6. The van der Waals surface area contributed by atoms with E-state index in [-0.39, 0.29) is 19.5 Å². The number of sulfonamides is 1. The molecular formula is C7H13NO6S2. The molecule has 0 saturated carbocycles. The first kappa shape index (κ1) is 13.4. The predicted octanol–water partition coefficient (Wildman–Crippen LogP) is -1.28. The van der Waals surface area contributed by atoms with Gasteiger partial charge in [0.05, 0.1) is 5.92 Å². The summed E-state index contributed by atoms with van der Waals surface area (Å²) < 4.78 is 45.9. The topological polar surface area (TPSA) is 109 Å². The second-order valence-electron chi connectivity index (χ2n) is 3.84. The molecule has 16 heavy (non-hydrogen) atoms. The van der Waals surface area contributed by atoms with Gasteiger partial charge in [0.15, 0.2) is 14.9 Å². The zero-order valence-corrected chi connectivity index (χ0v) is 10.3. The van der Waals surface area contributed by atoms with Crippen LogP contribution in [-0.4, -0.2) is 56.6 Å². The van der Waals surface area contributed by atoms with Crippen molar-refractivity contribution in [1.29, 1.82) is 0 Å². The van der Waals surface area contributed by atoms with Crippen LogP contribution in [0.25, 0.3) is 0 Å². The van der Waals surface area contributed by atoms with Gasteiger partial charge in [-0.3, -0.25) is 4.79 Å². The highest BCUT2D eigenvalue weighted by Crippen LogP contribution is 2.20. The van der Waals surface area contributed by atoms with Crippen molar-refractivity contribution >= 4 is 25.8 Å². The van der Waals surface area contributed by atoms with E-state index in [1.54, 1.807) is 0 Å². The zero-order chi connectivity index (χ0) is 12.6. The summed E-state index contributed by atoms with van der Waals surface area (Å²) in [6, 6.07) is 0. The van der Waals surface area contributed by atoms with E-state index in [0.29, 0.717) is 0 Å². The van der Waals surface area contributed by atoms with Crippen molar-refractivity contribution in [3.8, 4) is 0 Å². The van der Waals surface area contributed by atoms with Gasteiger partial charge in [-0.1, -0.05) is 0 Å². The summed E-state index contributed by atoms with van der Waals surface area (Å²) in [6.07, 6.45) is 1.05. The highest BCUT2D eigenvalue weighted by Gasteiger charge is 2.36. The molecule has 94 valence electrons. The molecule has 1 fully saturated rings. The van der Waals surface area contributed by atoms with E-state index >= 15 is 0 Å². The minimum atomic E-state index is -3.90. The summed E-state index contributed by atoms with van der Waals surface area (Å²) in [5.41, 5.74) is 0. The van der Waals surface area contributed by atoms with Crippen LogP contribution in [0.2, 0.25) is 0 Å². The van der Waals surface area contributed by atoms with E-state index in [0.717, 1.165) is 10.6 Å². The molecule has 1 atom stereocenters. The van der Waals surface area contributed by atoms with E-state index in [9.17, 15) is 21.6 Å². The van der Waals surface area contributed by atoms with Crippen LogP contribution in [0.3, 0.4) is 0 Å². The number of carbonyl (C=O) groups is 1. The van der Waals surface area contributed by atoms with E-state index in [1.165, 1.54) is 0 Å². The number of rotatable bonds is 4. The van der Waals surface area contributed by atoms with E-state index in [4.69, 9.17) is 5.11 Å². The number of nitrogens with zero attached hydrogens (tertiary/aromatic N) is 1. The van der Waals surface area contributed by atoms with Gasteiger partial charge in [0.1, 0.15) is 0 Å². The molecule has 7 nitrogen and oxygen atoms in total. The third-order valence-electron chi connectivity index (χ3n) is 2.26. The van der Waals surface area contributed by atoms with Gasteiger partial charge in [-0.15, -0.1) is 0 Å². The Hall–Kier alpha value is -0.670. The number of sulfone groups is 1. The van der Waals surface area contributed by atoms with Crippen LogP contribution >= 0.6 is 0 Å². The average molecular weight is 271 g/mol. The van der Waals surface area contributed by atoms with Gasteiger partial charge in [0, 0.05) is 19.3 Å². The molecule has 1 saturated heterocycles.